The SMILES string of the molecule is CC(=O)N1CCCC(C(=O)c2ccc(C)cc2)C1. The molecule has 1 aliphatic rings. The molecule has 18 heavy (non-hydrogen) atoms. The molecule has 0 aromatic heterocycles. The first kappa shape index (κ1) is 12.8. The molecule has 96 valence electrons. The third-order valence-corrected chi connectivity index (χ3v) is 3.57. The van der Waals surface area contributed by atoms with E-state index in [0.29, 0.717) is 6.54 Å². The van der Waals surface area contributed by atoms with Crippen molar-refractivity contribution in [3.8, 4) is 0 Å². The summed E-state index contributed by atoms with van der Waals surface area (Å²) >= 11 is 0. The number of nitrogens with zero attached hydrogens (tertiary/aromatic N) is 1. The fourth-order valence-electron chi connectivity index (χ4n) is 2.43. The highest BCUT2D eigenvalue weighted by Crippen LogP contribution is 2.21. The van der Waals surface area contributed by atoms with E-state index in [9.17, 15) is 9.59 Å². The summed E-state index contributed by atoms with van der Waals surface area (Å²) < 4.78 is 0. The summed E-state index contributed by atoms with van der Waals surface area (Å²) in [4.78, 5) is 25.5. The molecule has 1 atom stereocenters. The van der Waals surface area contributed by atoms with E-state index in [4.69, 9.17) is 0 Å². The number of rotatable bonds is 2. The maximum absolute atomic E-state index is 12.3. The van der Waals surface area contributed by atoms with Crippen LogP contribution in [0.25, 0.3) is 0 Å². The fraction of sp³-hybridized carbons (Fsp3) is 0.467. The predicted octanol–water partition coefficient (Wildman–Crippen LogP) is 2.44. The number of benzene rings is 1. The molecular formula is C15H19NO2. The first-order chi connectivity index (χ1) is 8.58. The van der Waals surface area contributed by atoms with Crippen LogP contribution in [0.15, 0.2) is 24.3 Å². The Hall–Kier alpha value is -1.64. The Balaban J connectivity index is 2.09. The summed E-state index contributed by atoms with van der Waals surface area (Å²) in [7, 11) is 0. The van der Waals surface area contributed by atoms with E-state index in [1.807, 2.05) is 31.2 Å². The van der Waals surface area contributed by atoms with Crippen molar-refractivity contribution in [3.63, 3.8) is 0 Å². The number of carbonyl (C=O) groups excluding carboxylic acids is 2. The largest absolute Gasteiger partial charge is 0.342 e. The summed E-state index contributed by atoms with van der Waals surface area (Å²) in [5, 5.41) is 0. The molecule has 1 fully saturated rings. The maximum Gasteiger partial charge on any atom is 0.219 e. The second-order valence-corrected chi connectivity index (χ2v) is 5.03. The molecule has 0 radical (unpaired) electrons. The molecule has 0 aliphatic carbocycles. The molecule has 1 unspecified atom stereocenters. The molecule has 1 heterocycles. The van der Waals surface area contributed by atoms with Crippen molar-refractivity contribution in [2.24, 2.45) is 5.92 Å². The van der Waals surface area contributed by atoms with Crippen LogP contribution >= 0.6 is 0 Å². The summed E-state index contributed by atoms with van der Waals surface area (Å²) in [6.45, 7) is 4.93. The maximum atomic E-state index is 12.3. The van der Waals surface area contributed by atoms with Gasteiger partial charge >= 0.3 is 0 Å². The van der Waals surface area contributed by atoms with Crippen molar-refractivity contribution in [2.45, 2.75) is 26.7 Å². The molecule has 1 aromatic rings. The van der Waals surface area contributed by atoms with E-state index in [1.54, 1.807) is 11.8 Å². The van der Waals surface area contributed by atoms with Crippen LogP contribution in [0.5, 0.6) is 0 Å². The Morgan fingerprint density at radius 1 is 1.22 bits per heavy atom. The zero-order valence-electron chi connectivity index (χ0n) is 11.0. The van der Waals surface area contributed by atoms with Crippen molar-refractivity contribution < 1.29 is 9.59 Å². The summed E-state index contributed by atoms with van der Waals surface area (Å²) in [6, 6.07) is 7.67. The van der Waals surface area contributed by atoms with Gasteiger partial charge in [0.05, 0.1) is 0 Å². The molecule has 1 amide bonds. The quantitative estimate of drug-likeness (QED) is 0.750. The number of hydrogen-bond donors (Lipinski definition) is 0. The van der Waals surface area contributed by atoms with Crippen LogP contribution in [0.3, 0.4) is 0 Å². The topological polar surface area (TPSA) is 37.4 Å². The predicted molar refractivity (Wildman–Crippen MR) is 70.5 cm³/mol. The van der Waals surface area contributed by atoms with E-state index < -0.39 is 0 Å². The van der Waals surface area contributed by atoms with Crippen molar-refractivity contribution in [2.75, 3.05) is 13.1 Å². The first-order valence-corrected chi connectivity index (χ1v) is 6.44. The summed E-state index contributed by atoms with van der Waals surface area (Å²) in [6.07, 6.45) is 1.80. The van der Waals surface area contributed by atoms with Crippen LogP contribution in [0.2, 0.25) is 0 Å². The number of amides is 1. The Morgan fingerprint density at radius 3 is 2.50 bits per heavy atom. The molecule has 1 aromatic carbocycles. The minimum atomic E-state index is -0.0367. The Kier molecular flexibility index (Phi) is 3.80. The molecule has 0 bridgehead atoms. The number of aryl methyl sites for hydroxylation is 1. The van der Waals surface area contributed by atoms with Crippen molar-refractivity contribution in [3.05, 3.63) is 35.4 Å². The summed E-state index contributed by atoms with van der Waals surface area (Å²) in [5.41, 5.74) is 1.91. The molecule has 0 saturated carbocycles. The van der Waals surface area contributed by atoms with Gasteiger partial charge in [0.25, 0.3) is 0 Å². The number of Topliss-reactive ketones (excluding diaryl/α,β-unsaturated/α-hetero) is 1. The average Bonchev–Trinajstić information content (AvgIpc) is 2.39. The van der Waals surface area contributed by atoms with Gasteiger partial charge in [0.15, 0.2) is 5.78 Å². The van der Waals surface area contributed by atoms with Gasteiger partial charge in [0, 0.05) is 31.5 Å². The number of hydrogen-bond acceptors (Lipinski definition) is 2. The van der Waals surface area contributed by atoms with E-state index in [0.717, 1.165) is 30.5 Å². The van der Waals surface area contributed by atoms with E-state index in [1.165, 1.54) is 0 Å². The normalized spacial score (nSPS) is 19.7. The standard InChI is InChI=1S/C15H19NO2/c1-11-5-7-13(8-6-11)15(18)14-4-3-9-16(10-14)12(2)17/h5-8,14H,3-4,9-10H2,1-2H3. The monoisotopic (exact) mass is 245 g/mol. The molecular weight excluding hydrogens is 226 g/mol. The first-order valence-electron chi connectivity index (χ1n) is 6.44. The van der Waals surface area contributed by atoms with E-state index in [2.05, 4.69) is 0 Å². The van der Waals surface area contributed by atoms with Crippen LogP contribution in [0.1, 0.15) is 35.7 Å². The molecule has 0 spiro atoms. The molecule has 3 nitrogen and oxygen atoms in total. The van der Waals surface area contributed by atoms with Crippen molar-refractivity contribution in [1.82, 2.24) is 4.90 Å². The highest BCUT2D eigenvalue weighted by atomic mass is 16.2. The molecule has 1 saturated heterocycles. The number of ketones is 1. The minimum absolute atomic E-state index is 0.0367. The van der Waals surface area contributed by atoms with Crippen LogP contribution in [0.4, 0.5) is 0 Å². The zero-order valence-corrected chi connectivity index (χ0v) is 11.0. The van der Waals surface area contributed by atoms with Crippen LogP contribution in [-0.4, -0.2) is 29.7 Å². The second-order valence-electron chi connectivity index (χ2n) is 5.03. The van der Waals surface area contributed by atoms with Gasteiger partial charge in [0.2, 0.25) is 5.91 Å². The third kappa shape index (κ3) is 2.78. The van der Waals surface area contributed by atoms with Gasteiger partial charge in [-0.25, -0.2) is 0 Å². The van der Waals surface area contributed by atoms with Crippen LogP contribution in [0, 0.1) is 12.8 Å². The van der Waals surface area contributed by atoms with Gasteiger partial charge in [-0.05, 0) is 19.8 Å². The van der Waals surface area contributed by atoms with Crippen LogP contribution in [-0.2, 0) is 4.79 Å². The van der Waals surface area contributed by atoms with Crippen molar-refractivity contribution in [1.29, 1.82) is 0 Å². The van der Waals surface area contributed by atoms with Gasteiger partial charge in [-0.3, -0.25) is 9.59 Å². The van der Waals surface area contributed by atoms with Gasteiger partial charge in [-0.2, -0.15) is 0 Å². The Morgan fingerprint density at radius 2 is 1.89 bits per heavy atom. The van der Waals surface area contributed by atoms with Gasteiger partial charge < -0.3 is 4.90 Å². The van der Waals surface area contributed by atoms with Gasteiger partial charge in [0.1, 0.15) is 0 Å². The highest BCUT2D eigenvalue weighted by molar-refractivity contribution is 5.98. The van der Waals surface area contributed by atoms with E-state index in [-0.39, 0.29) is 17.6 Å². The number of likely N-dealkylation sites (tertiary alicyclic amines) is 1. The highest BCUT2D eigenvalue weighted by Gasteiger charge is 2.27. The van der Waals surface area contributed by atoms with E-state index >= 15 is 0 Å². The Labute approximate surface area is 108 Å². The fourth-order valence-corrected chi connectivity index (χ4v) is 2.43. The van der Waals surface area contributed by atoms with Gasteiger partial charge in [-0.1, -0.05) is 29.8 Å². The number of piperidine rings is 1. The zero-order chi connectivity index (χ0) is 13.1. The van der Waals surface area contributed by atoms with Crippen molar-refractivity contribution >= 4 is 11.7 Å². The smallest absolute Gasteiger partial charge is 0.219 e. The molecule has 1 aliphatic heterocycles. The van der Waals surface area contributed by atoms with Crippen LogP contribution < -0.4 is 0 Å². The Bertz CT molecular complexity index is 450. The van der Waals surface area contributed by atoms with Gasteiger partial charge in [-0.15, -0.1) is 0 Å². The second kappa shape index (κ2) is 5.34. The lowest BCUT2D eigenvalue weighted by atomic mass is 9.90. The lowest BCUT2D eigenvalue weighted by Gasteiger charge is -2.31. The number of carbonyl (C=O) groups is 2. The minimum Gasteiger partial charge on any atom is -0.342 e. The molecule has 0 N–H and O–H groups in total. The summed E-state index contributed by atoms with van der Waals surface area (Å²) in [5.74, 6) is 0.197. The average molecular weight is 245 g/mol. The third-order valence-electron chi connectivity index (χ3n) is 3.57. The molecule has 2 rings (SSSR count). The lowest BCUT2D eigenvalue weighted by Crippen LogP contribution is -2.41. The lowest BCUT2D eigenvalue weighted by molar-refractivity contribution is -0.130. The molecule has 3 heteroatoms.